The Balaban J connectivity index is 1.59. The Morgan fingerprint density at radius 3 is 2.11 bits per heavy atom. The molecule has 0 saturated carbocycles. The molecule has 0 aliphatic rings. The molecule has 3 aromatic carbocycles. The van der Waals surface area contributed by atoms with E-state index in [9.17, 15) is 9.59 Å². The van der Waals surface area contributed by atoms with E-state index in [2.05, 4.69) is 5.32 Å². The Bertz CT molecular complexity index is 1630. The van der Waals surface area contributed by atoms with E-state index < -0.39 is 5.91 Å². The number of aryl methyl sites for hydroxylation is 2. The number of hydrogen-bond acceptors (Lipinski definition) is 3. The maximum absolute atomic E-state index is 13.6. The maximum atomic E-state index is 13.6. The number of rotatable bonds is 5. The van der Waals surface area contributed by atoms with E-state index in [1.54, 1.807) is 27.3 Å². The fourth-order valence-corrected chi connectivity index (χ4v) is 4.25. The highest BCUT2D eigenvalue weighted by atomic mass is 16.2. The van der Waals surface area contributed by atoms with E-state index in [-0.39, 0.29) is 11.2 Å². The van der Waals surface area contributed by atoms with Gasteiger partial charge in [0, 0.05) is 18.8 Å². The van der Waals surface area contributed by atoms with Crippen molar-refractivity contribution in [1.82, 2.24) is 19.1 Å². The van der Waals surface area contributed by atoms with Gasteiger partial charge in [-0.15, -0.1) is 0 Å². The second-order valence-corrected chi connectivity index (χ2v) is 8.86. The number of nitrogens with one attached hydrogen (secondary N) is 1. The summed E-state index contributed by atoms with van der Waals surface area (Å²) in [5.74, 6) is -0.392. The number of amides is 1. The summed E-state index contributed by atoms with van der Waals surface area (Å²) in [6.45, 7) is 5.89. The van der Waals surface area contributed by atoms with E-state index in [0.29, 0.717) is 17.0 Å². The molecular weight excluding hydrogens is 450 g/mol. The van der Waals surface area contributed by atoms with Gasteiger partial charge in [-0.3, -0.25) is 14.3 Å². The molecule has 7 nitrogen and oxygen atoms in total. The molecule has 0 atom stereocenters. The first-order valence-corrected chi connectivity index (χ1v) is 11.7. The molecule has 1 N–H and O–H groups in total. The van der Waals surface area contributed by atoms with Crippen molar-refractivity contribution in [2.45, 2.75) is 20.8 Å². The molecule has 0 bridgehead atoms. The molecule has 2 heterocycles. The molecule has 0 aliphatic carbocycles. The van der Waals surface area contributed by atoms with Crippen LogP contribution in [0, 0.1) is 20.8 Å². The number of anilines is 1. The summed E-state index contributed by atoms with van der Waals surface area (Å²) in [4.78, 5) is 27.0. The van der Waals surface area contributed by atoms with Crippen LogP contribution < -0.4 is 10.9 Å². The first-order valence-electron chi connectivity index (χ1n) is 11.7. The van der Waals surface area contributed by atoms with Crippen molar-refractivity contribution in [3.63, 3.8) is 0 Å². The van der Waals surface area contributed by atoms with Gasteiger partial charge in [-0.1, -0.05) is 48.5 Å². The van der Waals surface area contributed by atoms with E-state index in [0.717, 1.165) is 28.1 Å². The van der Waals surface area contributed by atoms with Crippen LogP contribution in [0.5, 0.6) is 0 Å². The third kappa shape index (κ3) is 4.05. The Morgan fingerprint density at radius 2 is 1.47 bits per heavy atom. The summed E-state index contributed by atoms with van der Waals surface area (Å²) < 4.78 is 4.98. The molecule has 0 unspecified atom stereocenters. The van der Waals surface area contributed by atoms with E-state index in [4.69, 9.17) is 5.10 Å². The summed E-state index contributed by atoms with van der Waals surface area (Å²) in [7, 11) is 1.80. The van der Waals surface area contributed by atoms with Crippen molar-refractivity contribution in [3.05, 3.63) is 118 Å². The number of hydrogen-bond donors (Lipinski definition) is 1. The molecule has 0 radical (unpaired) electrons. The zero-order chi connectivity index (χ0) is 25.4. The lowest BCUT2D eigenvalue weighted by molar-refractivity contribution is 0.102. The minimum Gasteiger partial charge on any atom is -0.316 e. The van der Waals surface area contributed by atoms with E-state index in [1.807, 2.05) is 99.6 Å². The molecule has 0 saturated heterocycles. The number of para-hydroxylation sites is 2. The minimum absolute atomic E-state index is 0.241. The number of aromatic nitrogens is 4. The number of carbonyl (C=O) groups is 1. The lowest BCUT2D eigenvalue weighted by Crippen LogP contribution is -2.23. The molecule has 7 heteroatoms. The second kappa shape index (κ2) is 9.19. The average Bonchev–Trinajstić information content (AvgIpc) is 3.43. The van der Waals surface area contributed by atoms with Crippen molar-refractivity contribution in [2.75, 3.05) is 5.32 Å². The molecule has 0 fully saturated rings. The quantitative estimate of drug-likeness (QED) is 0.378. The molecular formula is C29H27N5O2. The van der Waals surface area contributed by atoms with Crippen LogP contribution in [-0.4, -0.2) is 25.1 Å². The number of nitrogens with zero attached hydrogens (tertiary/aromatic N) is 4. The lowest BCUT2D eigenvalue weighted by Gasteiger charge is -2.07. The van der Waals surface area contributed by atoms with Gasteiger partial charge in [0.2, 0.25) is 0 Å². The average molecular weight is 478 g/mol. The summed E-state index contributed by atoms with van der Waals surface area (Å²) in [6.07, 6.45) is 1.71. The highest BCUT2D eigenvalue weighted by Crippen LogP contribution is 2.27. The largest absolute Gasteiger partial charge is 0.316 e. The van der Waals surface area contributed by atoms with Crippen LogP contribution in [-0.2, 0) is 7.05 Å². The van der Waals surface area contributed by atoms with Gasteiger partial charge in [0.25, 0.3) is 11.5 Å². The molecule has 180 valence electrons. The number of carbonyl (C=O) groups excluding carboxylic acids is 1. The molecule has 0 spiro atoms. The summed E-state index contributed by atoms with van der Waals surface area (Å²) in [5, 5.41) is 7.65. The monoisotopic (exact) mass is 477 g/mol. The first-order chi connectivity index (χ1) is 17.3. The molecule has 5 rings (SSSR count). The standard InChI is InChI=1S/C29H27N5O2/c1-19-15-16-22(17-20(19)2)27-25(18-33(31-27)23-11-7-5-8-12-23)28(35)30-26-21(3)32(4)34(29(26)36)24-13-9-6-10-14-24/h5-18H,1-4H3,(H,30,35). The highest BCUT2D eigenvalue weighted by molar-refractivity contribution is 6.08. The fourth-order valence-electron chi connectivity index (χ4n) is 4.25. The third-order valence-electron chi connectivity index (χ3n) is 6.55. The van der Waals surface area contributed by atoms with Crippen molar-refractivity contribution in [1.29, 1.82) is 0 Å². The van der Waals surface area contributed by atoms with Crippen LogP contribution in [0.2, 0.25) is 0 Å². The third-order valence-corrected chi connectivity index (χ3v) is 6.55. The zero-order valence-corrected chi connectivity index (χ0v) is 20.7. The van der Waals surface area contributed by atoms with Crippen molar-refractivity contribution in [3.8, 4) is 22.6 Å². The van der Waals surface area contributed by atoms with Gasteiger partial charge < -0.3 is 5.32 Å². The van der Waals surface area contributed by atoms with Crippen molar-refractivity contribution >= 4 is 11.6 Å². The fraction of sp³-hybridized carbons (Fsp3) is 0.138. The summed E-state index contributed by atoms with van der Waals surface area (Å²) in [6, 6.07) is 25.0. The SMILES string of the molecule is Cc1ccc(-c2nn(-c3ccccc3)cc2C(=O)Nc2c(C)n(C)n(-c3ccccc3)c2=O)cc1C. The highest BCUT2D eigenvalue weighted by Gasteiger charge is 2.23. The van der Waals surface area contributed by atoms with E-state index >= 15 is 0 Å². The second-order valence-electron chi connectivity index (χ2n) is 8.86. The van der Waals surface area contributed by atoms with Gasteiger partial charge in [0.15, 0.2) is 0 Å². The molecule has 2 aromatic heterocycles. The normalized spacial score (nSPS) is 11.0. The van der Waals surface area contributed by atoms with Gasteiger partial charge in [0.05, 0.1) is 22.6 Å². The smallest absolute Gasteiger partial charge is 0.295 e. The molecule has 5 aromatic rings. The van der Waals surface area contributed by atoms with Crippen molar-refractivity contribution < 1.29 is 4.79 Å². The topological polar surface area (TPSA) is 73.8 Å². The van der Waals surface area contributed by atoms with Gasteiger partial charge in [0.1, 0.15) is 11.4 Å². The van der Waals surface area contributed by atoms with Crippen LogP contribution >= 0.6 is 0 Å². The van der Waals surface area contributed by atoms with Gasteiger partial charge in [-0.2, -0.15) is 5.10 Å². The summed E-state index contributed by atoms with van der Waals surface area (Å²) in [5.41, 5.74) is 6.21. The number of benzene rings is 3. The van der Waals surface area contributed by atoms with Crippen LogP contribution in [0.25, 0.3) is 22.6 Å². The Labute approximate surface area is 209 Å². The predicted molar refractivity (Wildman–Crippen MR) is 142 cm³/mol. The Kier molecular flexibility index (Phi) is 5.90. The van der Waals surface area contributed by atoms with Crippen LogP contribution in [0.4, 0.5) is 5.69 Å². The molecule has 0 aliphatic heterocycles. The van der Waals surface area contributed by atoms with Crippen LogP contribution in [0.15, 0.2) is 89.9 Å². The Morgan fingerprint density at radius 1 is 0.833 bits per heavy atom. The summed E-state index contributed by atoms with van der Waals surface area (Å²) >= 11 is 0. The minimum atomic E-state index is -0.392. The van der Waals surface area contributed by atoms with Crippen molar-refractivity contribution in [2.24, 2.45) is 7.05 Å². The molecule has 1 amide bonds. The molecule has 36 heavy (non-hydrogen) atoms. The zero-order valence-electron chi connectivity index (χ0n) is 20.7. The Hall–Kier alpha value is -4.65. The van der Waals surface area contributed by atoms with E-state index in [1.165, 1.54) is 0 Å². The van der Waals surface area contributed by atoms with Gasteiger partial charge >= 0.3 is 0 Å². The first kappa shape index (κ1) is 23.1. The maximum Gasteiger partial charge on any atom is 0.295 e. The predicted octanol–water partition coefficient (Wildman–Crippen LogP) is 5.21. The van der Waals surface area contributed by atoms with Gasteiger partial charge in [-0.05, 0) is 62.2 Å². The lowest BCUT2D eigenvalue weighted by atomic mass is 10.0. The van der Waals surface area contributed by atoms with Crippen LogP contribution in [0.1, 0.15) is 27.2 Å². The van der Waals surface area contributed by atoms with Crippen LogP contribution in [0.3, 0.4) is 0 Å². The van der Waals surface area contributed by atoms with Gasteiger partial charge in [-0.25, -0.2) is 9.36 Å².